The van der Waals surface area contributed by atoms with E-state index in [0.29, 0.717) is 6.92 Å². The van der Waals surface area contributed by atoms with Crippen LogP contribution in [-0.4, -0.2) is 76.8 Å². The van der Waals surface area contributed by atoms with Crippen molar-refractivity contribution in [3.8, 4) is 5.88 Å². The first-order valence-electron chi connectivity index (χ1n) is 9.27. The lowest BCUT2D eigenvalue weighted by molar-refractivity contribution is -0.200. The number of hydrogen-bond acceptors (Lipinski definition) is 6. The van der Waals surface area contributed by atoms with Crippen LogP contribution in [0.5, 0.6) is 5.88 Å². The summed E-state index contributed by atoms with van der Waals surface area (Å²) in [4.78, 5) is 33.6. The molecule has 0 aromatic carbocycles. The fourth-order valence-electron chi connectivity index (χ4n) is 2.95. The fraction of sp³-hybridized carbons (Fsp3) is 0.667. The van der Waals surface area contributed by atoms with Gasteiger partial charge in [-0.1, -0.05) is 0 Å². The van der Waals surface area contributed by atoms with Gasteiger partial charge in [-0.2, -0.15) is 22.0 Å². The third-order valence-corrected chi connectivity index (χ3v) is 5.38. The second-order valence-corrected chi connectivity index (χ2v) is 7.43. The first-order chi connectivity index (χ1) is 14.2. The lowest BCUT2D eigenvalue weighted by Crippen LogP contribution is -2.58. The Labute approximate surface area is 175 Å². The molecule has 0 radical (unpaired) electrons. The number of likely N-dealkylation sites (N-methyl/N-ethyl adjacent to an activating group) is 1. The van der Waals surface area contributed by atoms with E-state index in [2.05, 4.69) is 14.7 Å². The summed E-state index contributed by atoms with van der Waals surface area (Å²) < 4.78 is 76.2. The molecular weight excluding hydrogens is 431 g/mol. The number of halogens is 5. The van der Waals surface area contributed by atoms with Gasteiger partial charge in [-0.25, -0.2) is 14.8 Å². The first-order valence-corrected chi connectivity index (χ1v) is 9.27. The SMILES string of the molecule is COc1cnc(C(F)(F)C(=O)N(C)C2(C)CCN(C(=O)OC(C)C(F)(F)F)CC2)cn1. The summed E-state index contributed by atoms with van der Waals surface area (Å²) in [6, 6.07) is 0. The molecule has 0 aliphatic carbocycles. The highest BCUT2D eigenvalue weighted by Crippen LogP contribution is 2.35. The van der Waals surface area contributed by atoms with Crippen LogP contribution < -0.4 is 4.74 Å². The number of carbonyl (C=O) groups excluding carboxylic acids is 2. The highest BCUT2D eigenvalue weighted by molar-refractivity contribution is 5.84. The molecular formula is C18H23F5N4O4. The third-order valence-electron chi connectivity index (χ3n) is 5.38. The number of nitrogens with zero attached hydrogens (tertiary/aromatic N) is 4. The van der Waals surface area contributed by atoms with Gasteiger partial charge in [0, 0.05) is 25.7 Å². The minimum absolute atomic E-state index is 0.00594. The van der Waals surface area contributed by atoms with E-state index in [-0.39, 0.29) is 31.8 Å². The summed E-state index contributed by atoms with van der Waals surface area (Å²) in [6.45, 7) is 2.14. The molecule has 1 aromatic heterocycles. The van der Waals surface area contributed by atoms with E-state index in [1.54, 1.807) is 6.92 Å². The van der Waals surface area contributed by atoms with E-state index >= 15 is 0 Å². The van der Waals surface area contributed by atoms with Crippen LogP contribution in [0.1, 0.15) is 32.4 Å². The van der Waals surface area contributed by atoms with Crippen molar-refractivity contribution in [3.05, 3.63) is 18.1 Å². The molecule has 2 amide bonds. The molecule has 2 rings (SSSR count). The van der Waals surface area contributed by atoms with Crippen molar-refractivity contribution in [2.45, 2.75) is 50.4 Å². The van der Waals surface area contributed by atoms with Gasteiger partial charge < -0.3 is 19.3 Å². The van der Waals surface area contributed by atoms with E-state index in [0.717, 1.165) is 22.2 Å². The Morgan fingerprint density at radius 2 is 1.74 bits per heavy atom. The highest BCUT2D eigenvalue weighted by atomic mass is 19.4. The zero-order chi connectivity index (χ0) is 23.6. The second kappa shape index (κ2) is 8.79. The number of aromatic nitrogens is 2. The lowest BCUT2D eigenvalue weighted by Gasteiger charge is -2.45. The van der Waals surface area contributed by atoms with Crippen molar-refractivity contribution in [2.24, 2.45) is 0 Å². The van der Waals surface area contributed by atoms with Gasteiger partial charge in [0.1, 0.15) is 5.69 Å². The van der Waals surface area contributed by atoms with Crippen molar-refractivity contribution >= 4 is 12.0 Å². The average Bonchev–Trinajstić information content (AvgIpc) is 2.72. The van der Waals surface area contributed by atoms with E-state index < -0.39 is 41.4 Å². The highest BCUT2D eigenvalue weighted by Gasteiger charge is 2.50. The van der Waals surface area contributed by atoms with Gasteiger partial charge in [0.05, 0.1) is 19.5 Å². The molecule has 8 nitrogen and oxygen atoms in total. The smallest absolute Gasteiger partial charge is 0.425 e. The summed E-state index contributed by atoms with van der Waals surface area (Å²) in [6.07, 6.45) is -6.29. The van der Waals surface area contributed by atoms with Crippen LogP contribution in [0.2, 0.25) is 0 Å². The van der Waals surface area contributed by atoms with Crippen LogP contribution in [0, 0.1) is 0 Å². The van der Waals surface area contributed by atoms with Crippen molar-refractivity contribution in [2.75, 3.05) is 27.2 Å². The number of piperidine rings is 1. The van der Waals surface area contributed by atoms with Crippen molar-refractivity contribution in [3.63, 3.8) is 0 Å². The topological polar surface area (TPSA) is 84.9 Å². The summed E-state index contributed by atoms with van der Waals surface area (Å²) in [5.41, 5.74) is -1.91. The maximum atomic E-state index is 14.7. The van der Waals surface area contributed by atoms with E-state index in [4.69, 9.17) is 4.74 Å². The third kappa shape index (κ3) is 5.31. The lowest BCUT2D eigenvalue weighted by atomic mass is 9.87. The van der Waals surface area contributed by atoms with Gasteiger partial charge in [0.15, 0.2) is 6.10 Å². The fourth-order valence-corrected chi connectivity index (χ4v) is 2.95. The van der Waals surface area contributed by atoms with Crippen LogP contribution >= 0.6 is 0 Å². The summed E-state index contributed by atoms with van der Waals surface area (Å²) in [5, 5.41) is 0. The first kappa shape index (κ1) is 24.5. The molecule has 31 heavy (non-hydrogen) atoms. The minimum Gasteiger partial charge on any atom is -0.480 e. The second-order valence-electron chi connectivity index (χ2n) is 7.43. The van der Waals surface area contributed by atoms with E-state index in [1.807, 2.05) is 0 Å². The maximum Gasteiger partial charge on any atom is 0.425 e. The monoisotopic (exact) mass is 454 g/mol. The molecule has 1 atom stereocenters. The van der Waals surface area contributed by atoms with Crippen LogP contribution in [0.4, 0.5) is 26.7 Å². The van der Waals surface area contributed by atoms with Gasteiger partial charge in [-0.15, -0.1) is 0 Å². The number of rotatable bonds is 5. The van der Waals surface area contributed by atoms with E-state index in [9.17, 15) is 31.5 Å². The molecule has 1 saturated heterocycles. The number of amides is 2. The molecule has 0 saturated carbocycles. The number of carbonyl (C=O) groups is 2. The Morgan fingerprint density at radius 3 is 2.19 bits per heavy atom. The zero-order valence-corrected chi connectivity index (χ0v) is 17.4. The quantitative estimate of drug-likeness (QED) is 0.636. The number of alkyl halides is 5. The van der Waals surface area contributed by atoms with E-state index in [1.165, 1.54) is 14.2 Å². The van der Waals surface area contributed by atoms with Crippen molar-refractivity contribution in [1.29, 1.82) is 0 Å². The molecule has 0 bridgehead atoms. The Balaban J connectivity index is 2.04. The number of ether oxygens (including phenoxy) is 2. The minimum atomic E-state index is -4.69. The van der Waals surface area contributed by atoms with Crippen molar-refractivity contribution in [1.82, 2.24) is 19.8 Å². The number of likely N-dealkylation sites (tertiary alicyclic amines) is 1. The average molecular weight is 454 g/mol. The molecule has 1 unspecified atom stereocenters. The van der Waals surface area contributed by atoms with Gasteiger partial charge in [0.25, 0.3) is 5.91 Å². The summed E-state index contributed by atoms with van der Waals surface area (Å²) in [7, 11) is 2.49. The van der Waals surface area contributed by atoms with Gasteiger partial charge >= 0.3 is 18.2 Å². The largest absolute Gasteiger partial charge is 0.480 e. The predicted molar refractivity (Wildman–Crippen MR) is 96.5 cm³/mol. The standard InChI is InChI=1S/C18H23F5N4O4/c1-11(18(21,22)23)31-15(29)27-7-5-16(2,6-8-27)26(3)14(28)17(19,20)12-9-25-13(30-4)10-24-12/h9-11H,5-8H2,1-4H3. The van der Waals surface area contributed by atoms with Gasteiger partial charge in [0.2, 0.25) is 5.88 Å². The number of hydrogen-bond donors (Lipinski definition) is 0. The molecule has 1 aliphatic rings. The summed E-state index contributed by atoms with van der Waals surface area (Å²) in [5.74, 6) is -5.47. The Kier molecular flexibility index (Phi) is 6.96. The van der Waals surface area contributed by atoms with Gasteiger partial charge in [-0.3, -0.25) is 4.79 Å². The molecule has 0 N–H and O–H groups in total. The Hall–Kier alpha value is -2.73. The van der Waals surface area contributed by atoms with Gasteiger partial charge in [-0.05, 0) is 26.7 Å². The zero-order valence-electron chi connectivity index (χ0n) is 17.4. The molecule has 0 spiro atoms. The van der Waals surface area contributed by atoms with Crippen LogP contribution in [0.15, 0.2) is 12.4 Å². The molecule has 13 heteroatoms. The Morgan fingerprint density at radius 1 is 1.16 bits per heavy atom. The normalized spacial score (nSPS) is 17.6. The maximum absolute atomic E-state index is 14.7. The molecule has 2 heterocycles. The Bertz CT molecular complexity index is 795. The number of methoxy groups -OCH3 is 1. The summed E-state index contributed by atoms with van der Waals surface area (Å²) >= 11 is 0. The van der Waals surface area contributed by atoms with Crippen molar-refractivity contribution < 1.29 is 41.0 Å². The predicted octanol–water partition coefficient (Wildman–Crippen LogP) is 2.98. The van der Waals surface area contributed by atoms with Crippen LogP contribution in [-0.2, 0) is 15.5 Å². The van der Waals surface area contributed by atoms with Crippen LogP contribution in [0.25, 0.3) is 0 Å². The molecule has 1 fully saturated rings. The molecule has 174 valence electrons. The molecule has 1 aromatic rings. The molecule has 1 aliphatic heterocycles. The van der Waals surface area contributed by atoms with Crippen LogP contribution in [0.3, 0.4) is 0 Å².